The van der Waals surface area contributed by atoms with Crippen molar-refractivity contribution in [2.24, 2.45) is 10.8 Å². The summed E-state index contributed by atoms with van der Waals surface area (Å²) in [6, 6.07) is 4.11. The van der Waals surface area contributed by atoms with E-state index in [1.807, 2.05) is 13.8 Å². The van der Waals surface area contributed by atoms with E-state index in [1.54, 1.807) is 22.4 Å². The Balaban J connectivity index is 1.71. The van der Waals surface area contributed by atoms with Crippen LogP contribution in [-0.2, 0) is 10.0 Å². The number of quaternary nitrogens is 1. The van der Waals surface area contributed by atoms with Crippen LogP contribution in [0.1, 0.15) is 53.9 Å². The van der Waals surface area contributed by atoms with E-state index < -0.39 is 15.6 Å². The largest absolute Gasteiger partial charge is 0.330 e. The summed E-state index contributed by atoms with van der Waals surface area (Å²) in [7, 11) is -3.42. The second-order valence-corrected chi connectivity index (χ2v) is 12.5. The van der Waals surface area contributed by atoms with Crippen molar-refractivity contribution in [3.05, 3.63) is 17.5 Å². The minimum atomic E-state index is -3.42. The third kappa shape index (κ3) is 3.87. The number of likely N-dealkylation sites (tertiary alicyclic amines) is 1. The molecule has 0 spiro atoms. The molecule has 2 bridgehead atoms. The molecule has 0 aromatic carbocycles. The molecule has 0 amide bonds. The van der Waals surface area contributed by atoms with Crippen molar-refractivity contribution in [3.8, 4) is 0 Å². The number of rotatable bonds is 5. The molecule has 6 heteroatoms. The van der Waals surface area contributed by atoms with Crippen molar-refractivity contribution in [1.29, 1.82) is 0 Å². The van der Waals surface area contributed by atoms with Crippen LogP contribution in [0.15, 0.2) is 21.7 Å². The third-order valence-electron chi connectivity index (χ3n) is 5.51. The van der Waals surface area contributed by atoms with E-state index in [2.05, 4.69) is 25.5 Å². The summed E-state index contributed by atoms with van der Waals surface area (Å²) in [6.07, 6.45) is 3.80. The lowest BCUT2D eigenvalue weighted by molar-refractivity contribution is -0.917. The highest BCUT2D eigenvalue weighted by atomic mass is 32.2. The van der Waals surface area contributed by atoms with E-state index >= 15 is 0 Å². The van der Waals surface area contributed by atoms with Gasteiger partial charge in [0, 0.05) is 18.3 Å². The molecule has 1 aliphatic carbocycles. The summed E-state index contributed by atoms with van der Waals surface area (Å²) in [5.74, 6) is 0. The Bertz CT molecular complexity index is 695. The molecule has 2 N–H and O–H groups in total. The van der Waals surface area contributed by atoms with Crippen LogP contribution in [0.25, 0.3) is 0 Å². The van der Waals surface area contributed by atoms with E-state index in [9.17, 15) is 8.42 Å². The van der Waals surface area contributed by atoms with Gasteiger partial charge in [-0.3, -0.25) is 0 Å². The highest BCUT2D eigenvalue weighted by Crippen LogP contribution is 2.47. The van der Waals surface area contributed by atoms with Crippen LogP contribution in [0.2, 0.25) is 0 Å². The van der Waals surface area contributed by atoms with Gasteiger partial charge in [-0.2, -0.15) is 4.72 Å². The molecule has 1 aromatic heterocycles. The molecule has 1 saturated carbocycles. The van der Waals surface area contributed by atoms with Gasteiger partial charge in [0.1, 0.15) is 4.21 Å². The Labute approximate surface area is 150 Å². The quantitative estimate of drug-likeness (QED) is 0.834. The summed E-state index contributed by atoms with van der Waals surface area (Å²) < 4.78 is 28.5. The maximum absolute atomic E-state index is 12.6. The fourth-order valence-corrected chi connectivity index (χ4v) is 7.80. The van der Waals surface area contributed by atoms with Gasteiger partial charge in [-0.05, 0) is 37.1 Å². The number of fused-ring (bicyclic) bond motifs is 2. The van der Waals surface area contributed by atoms with Gasteiger partial charge < -0.3 is 4.90 Å². The smallest absolute Gasteiger partial charge is 0.250 e. The zero-order valence-corrected chi connectivity index (χ0v) is 17.1. The van der Waals surface area contributed by atoms with Gasteiger partial charge in [-0.15, -0.1) is 11.3 Å². The number of thiophene rings is 1. The SMILES string of the molecule is CC1(C)C[C@H]2C[C@](C)(C[NH+]2CC(C)(C)NS(=O)(=O)c2cccs2)C1. The van der Waals surface area contributed by atoms with Crippen molar-refractivity contribution < 1.29 is 13.3 Å². The molecule has 2 aliphatic rings. The summed E-state index contributed by atoms with van der Waals surface area (Å²) in [6.45, 7) is 13.2. The first-order valence-corrected chi connectivity index (χ1v) is 11.2. The summed E-state index contributed by atoms with van der Waals surface area (Å²) in [5.41, 5.74) is 0.362. The zero-order valence-electron chi connectivity index (χ0n) is 15.5. The lowest BCUT2D eigenvalue weighted by Crippen LogP contribution is -3.16. The Morgan fingerprint density at radius 2 is 2.04 bits per heavy atom. The minimum Gasteiger partial charge on any atom is -0.330 e. The van der Waals surface area contributed by atoms with Crippen LogP contribution in [0.3, 0.4) is 0 Å². The van der Waals surface area contributed by atoms with E-state index in [1.165, 1.54) is 30.6 Å². The van der Waals surface area contributed by atoms with Crippen LogP contribution in [-0.4, -0.2) is 33.1 Å². The highest BCUT2D eigenvalue weighted by Gasteiger charge is 2.53. The van der Waals surface area contributed by atoms with E-state index in [-0.39, 0.29) is 0 Å². The second-order valence-electron chi connectivity index (χ2n) is 9.69. The number of hydrogen-bond acceptors (Lipinski definition) is 3. The van der Waals surface area contributed by atoms with Crippen molar-refractivity contribution in [2.75, 3.05) is 13.1 Å². The topological polar surface area (TPSA) is 50.6 Å². The van der Waals surface area contributed by atoms with Crippen molar-refractivity contribution in [3.63, 3.8) is 0 Å². The van der Waals surface area contributed by atoms with Gasteiger partial charge >= 0.3 is 0 Å². The average molecular weight is 372 g/mol. The van der Waals surface area contributed by atoms with Crippen LogP contribution < -0.4 is 9.62 Å². The third-order valence-corrected chi connectivity index (χ3v) is 8.61. The first-order chi connectivity index (χ1) is 10.9. The lowest BCUT2D eigenvalue weighted by Gasteiger charge is -2.37. The summed E-state index contributed by atoms with van der Waals surface area (Å²) in [4.78, 5) is 1.57. The molecule has 2 fully saturated rings. The van der Waals surface area contributed by atoms with Gasteiger partial charge in [0.2, 0.25) is 0 Å². The van der Waals surface area contributed by atoms with Crippen LogP contribution in [0.4, 0.5) is 0 Å². The van der Waals surface area contributed by atoms with Gasteiger partial charge in [0.05, 0.1) is 24.7 Å². The summed E-state index contributed by atoms with van der Waals surface area (Å²) >= 11 is 1.27. The maximum atomic E-state index is 12.6. The van der Waals surface area contributed by atoms with Gasteiger partial charge in [0.15, 0.2) is 0 Å². The first-order valence-electron chi connectivity index (χ1n) is 8.82. The fraction of sp³-hybridized carbons (Fsp3) is 0.778. The van der Waals surface area contributed by atoms with E-state index in [0.717, 1.165) is 13.1 Å². The van der Waals surface area contributed by atoms with Crippen LogP contribution in [0, 0.1) is 10.8 Å². The molecule has 3 rings (SSSR count). The van der Waals surface area contributed by atoms with Crippen molar-refractivity contribution in [2.45, 2.75) is 69.7 Å². The van der Waals surface area contributed by atoms with E-state index in [4.69, 9.17) is 0 Å². The Morgan fingerprint density at radius 1 is 1.33 bits per heavy atom. The Hall–Kier alpha value is -0.430. The highest BCUT2D eigenvalue weighted by molar-refractivity contribution is 7.91. The molecule has 1 aliphatic heterocycles. The van der Waals surface area contributed by atoms with E-state index in [0.29, 0.717) is 21.1 Å². The molecule has 1 unspecified atom stereocenters. The van der Waals surface area contributed by atoms with Crippen LogP contribution >= 0.6 is 11.3 Å². The van der Waals surface area contributed by atoms with Gasteiger partial charge in [-0.25, -0.2) is 8.42 Å². The Kier molecular flexibility index (Phi) is 4.43. The number of hydrogen-bond donors (Lipinski definition) is 2. The molecule has 3 atom stereocenters. The zero-order chi connectivity index (χ0) is 17.8. The van der Waals surface area contributed by atoms with Crippen molar-refractivity contribution >= 4 is 21.4 Å². The van der Waals surface area contributed by atoms with Gasteiger partial charge in [-0.1, -0.05) is 26.8 Å². The predicted octanol–water partition coefficient (Wildman–Crippen LogP) is 2.29. The monoisotopic (exact) mass is 371 g/mol. The molecule has 24 heavy (non-hydrogen) atoms. The standard InChI is InChI=1S/C18H30N2O2S2/c1-16(2)9-14-10-18(5,11-16)13-20(14)12-17(3,4)19-24(21,22)15-7-6-8-23-15/h6-8,14,19H,9-13H2,1-5H3/p+1/t14-,18-/m0/s1. The molecular formula is C18H31N2O2S2+. The molecule has 136 valence electrons. The van der Waals surface area contributed by atoms with Gasteiger partial charge in [0.25, 0.3) is 10.0 Å². The predicted molar refractivity (Wildman–Crippen MR) is 98.9 cm³/mol. The molecule has 1 saturated heterocycles. The minimum absolute atomic E-state index is 0.402. The van der Waals surface area contributed by atoms with Crippen LogP contribution in [0.5, 0.6) is 0 Å². The maximum Gasteiger partial charge on any atom is 0.250 e. The normalized spacial score (nSPS) is 32.9. The molecule has 0 radical (unpaired) electrons. The summed E-state index contributed by atoms with van der Waals surface area (Å²) in [5, 5.41) is 1.80. The molecular weight excluding hydrogens is 340 g/mol. The molecule has 1 aromatic rings. The number of nitrogens with one attached hydrogen (secondary N) is 2. The first kappa shape index (κ1) is 18.4. The lowest BCUT2D eigenvalue weighted by atomic mass is 9.65. The fourth-order valence-electron chi connectivity index (χ4n) is 5.39. The average Bonchev–Trinajstić information content (AvgIpc) is 2.93. The number of sulfonamides is 1. The van der Waals surface area contributed by atoms with Crippen molar-refractivity contribution in [1.82, 2.24) is 4.72 Å². The Morgan fingerprint density at radius 3 is 2.67 bits per heavy atom. The second kappa shape index (κ2) is 5.79. The molecule has 2 heterocycles. The molecule has 4 nitrogen and oxygen atoms in total.